The molecule has 0 aliphatic carbocycles. The molecular weight excluding hydrogens is 254 g/mol. The molecule has 1 amide bonds. The molecular formula is C15H21N3O2. The van der Waals surface area contributed by atoms with Gasteiger partial charge in [-0.25, -0.2) is 4.98 Å². The first-order valence-electron chi connectivity index (χ1n) is 6.74. The molecule has 2 N–H and O–H groups in total. The zero-order valence-corrected chi connectivity index (χ0v) is 12.1. The number of ether oxygens (including phenoxy) is 1. The van der Waals surface area contributed by atoms with Gasteiger partial charge in [-0.15, -0.1) is 0 Å². The fourth-order valence-electron chi connectivity index (χ4n) is 1.63. The molecule has 0 unspecified atom stereocenters. The first-order valence-corrected chi connectivity index (χ1v) is 6.74. The van der Waals surface area contributed by atoms with Crippen LogP contribution in [0.1, 0.15) is 29.9 Å². The van der Waals surface area contributed by atoms with E-state index in [9.17, 15) is 4.79 Å². The maximum atomic E-state index is 12.2. The van der Waals surface area contributed by atoms with Crippen molar-refractivity contribution in [2.75, 3.05) is 32.8 Å². The van der Waals surface area contributed by atoms with Crippen LogP contribution >= 0.6 is 0 Å². The summed E-state index contributed by atoms with van der Waals surface area (Å²) in [6, 6.07) is 3.46. The van der Waals surface area contributed by atoms with Crippen molar-refractivity contribution in [3.05, 3.63) is 29.6 Å². The number of nitrogens with zero attached hydrogens (tertiary/aromatic N) is 2. The van der Waals surface area contributed by atoms with E-state index in [1.54, 1.807) is 23.2 Å². The van der Waals surface area contributed by atoms with Crippen molar-refractivity contribution in [2.45, 2.75) is 13.8 Å². The average molecular weight is 275 g/mol. The summed E-state index contributed by atoms with van der Waals surface area (Å²) in [7, 11) is 0. The summed E-state index contributed by atoms with van der Waals surface area (Å²) in [5.41, 5.74) is 6.48. The zero-order valence-electron chi connectivity index (χ0n) is 12.1. The van der Waals surface area contributed by atoms with Crippen LogP contribution in [0.4, 0.5) is 0 Å². The van der Waals surface area contributed by atoms with E-state index in [0.717, 1.165) is 5.56 Å². The van der Waals surface area contributed by atoms with Crippen LogP contribution in [-0.4, -0.2) is 48.6 Å². The Morgan fingerprint density at radius 2 is 2.25 bits per heavy atom. The lowest BCUT2D eigenvalue weighted by molar-refractivity contribution is 0.0664. The highest BCUT2D eigenvalue weighted by atomic mass is 16.5. The number of amides is 1. The van der Waals surface area contributed by atoms with E-state index in [1.807, 2.05) is 13.8 Å². The Balaban J connectivity index is 2.69. The standard InChI is InChI=1S/C15H21N3O2/c1-3-18(10-11-20-4-2)15(19)14-8-7-13(12-17-14)6-5-9-16/h7-8,12H,3-4,9-11,16H2,1-2H3. The predicted octanol–water partition coefficient (Wildman–Crippen LogP) is 0.890. The number of hydrogen-bond donors (Lipinski definition) is 1. The average Bonchev–Trinajstić information content (AvgIpc) is 2.49. The largest absolute Gasteiger partial charge is 0.380 e. The Morgan fingerprint density at radius 1 is 1.45 bits per heavy atom. The molecule has 1 heterocycles. The molecule has 0 aliphatic heterocycles. The van der Waals surface area contributed by atoms with Crippen LogP contribution in [0.5, 0.6) is 0 Å². The molecule has 0 atom stereocenters. The summed E-state index contributed by atoms with van der Waals surface area (Å²) >= 11 is 0. The molecule has 0 spiro atoms. The third-order valence-electron chi connectivity index (χ3n) is 2.70. The van der Waals surface area contributed by atoms with Gasteiger partial charge in [0.1, 0.15) is 5.69 Å². The molecule has 0 saturated heterocycles. The Morgan fingerprint density at radius 3 is 2.80 bits per heavy atom. The molecule has 0 aliphatic rings. The lowest BCUT2D eigenvalue weighted by Gasteiger charge is -2.20. The van der Waals surface area contributed by atoms with Crippen molar-refractivity contribution in [1.82, 2.24) is 9.88 Å². The molecule has 0 fully saturated rings. The fourth-order valence-corrected chi connectivity index (χ4v) is 1.63. The van der Waals surface area contributed by atoms with E-state index in [0.29, 0.717) is 38.5 Å². The molecule has 1 aromatic rings. The van der Waals surface area contributed by atoms with Crippen LogP contribution in [0, 0.1) is 11.8 Å². The summed E-state index contributed by atoms with van der Waals surface area (Å²) in [4.78, 5) is 18.1. The third kappa shape index (κ3) is 5.00. The monoisotopic (exact) mass is 275 g/mol. The topological polar surface area (TPSA) is 68.5 Å². The second-order valence-electron chi connectivity index (χ2n) is 4.02. The number of aromatic nitrogens is 1. The van der Waals surface area contributed by atoms with Gasteiger partial charge in [0.2, 0.25) is 0 Å². The number of likely N-dealkylation sites (N-methyl/N-ethyl adjacent to an activating group) is 1. The molecule has 0 saturated carbocycles. The summed E-state index contributed by atoms with van der Waals surface area (Å²) in [5.74, 6) is 5.53. The number of carbonyl (C=O) groups excluding carboxylic acids is 1. The summed E-state index contributed by atoms with van der Waals surface area (Å²) in [5, 5.41) is 0. The number of pyridine rings is 1. The lowest BCUT2D eigenvalue weighted by atomic mass is 10.2. The van der Waals surface area contributed by atoms with E-state index < -0.39 is 0 Å². The summed E-state index contributed by atoms with van der Waals surface area (Å²) < 4.78 is 5.27. The minimum absolute atomic E-state index is 0.0921. The predicted molar refractivity (Wildman–Crippen MR) is 78.2 cm³/mol. The van der Waals surface area contributed by atoms with Gasteiger partial charge < -0.3 is 15.4 Å². The molecule has 0 aromatic carbocycles. The Labute approximate surface area is 120 Å². The van der Waals surface area contributed by atoms with E-state index in [2.05, 4.69) is 16.8 Å². The minimum atomic E-state index is -0.0921. The molecule has 1 aromatic heterocycles. The van der Waals surface area contributed by atoms with Crippen molar-refractivity contribution in [2.24, 2.45) is 5.73 Å². The van der Waals surface area contributed by atoms with Crippen molar-refractivity contribution >= 4 is 5.91 Å². The second kappa shape index (κ2) is 9.08. The van der Waals surface area contributed by atoms with Gasteiger partial charge in [-0.1, -0.05) is 11.8 Å². The smallest absolute Gasteiger partial charge is 0.272 e. The highest BCUT2D eigenvalue weighted by Crippen LogP contribution is 2.04. The minimum Gasteiger partial charge on any atom is -0.380 e. The van der Waals surface area contributed by atoms with Gasteiger partial charge >= 0.3 is 0 Å². The fraction of sp³-hybridized carbons (Fsp3) is 0.467. The quantitative estimate of drug-likeness (QED) is 0.618. The van der Waals surface area contributed by atoms with Crippen molar-refractivity contribution in [3.8, 4) is 11.8 Å². The van der Waals surface area contributed by atoms with E-state index >= 15 is 0 Å². The lowest BCUT2D eigenvalue weighted by Crippen LogP contribution is -2.34. The van der Waals surface area contributed by atoms with E-state index in [1.165, 1.54) is 0 Å². The Bertz CT molecular complexity index is 474. The highest BCUT2D eigenvalue weighted by Gasteiger charge is 2.14. The van der Waals surface area contributed by atoms with Crippen molar-refractivity contribution in [1.29, 1.82) is 0 Å². The van der Waals surface area contributed by atoms with Gasteiger partial charge in [0, 0.05) is 31.5 Å². The van der Waals surface area contributed by atoms with Crippen LogP contribution in [0.15, 0.2) is 18.3 Å². The van der Waals surface area contributed by atoms with E-state index in [-0.39, 0.29) is 5.91 Å². The van der Waals surface area contributed by atoms with Crippen LogP contribution in [0.25, 0.3) is 0 Å². The summed E-state index contributed by atoms with van der Waals surface area (Å²) in [6.07, 6.45) is 1.59. The maximum absolute atomic E-state index is 12.2. The molecule has 108 valence electrons. The van der Waals surface area contributed by atoms with Crippen LogP contribution in [-0.2, 0) is 4.74 Å². The molecule has 5 heteroatoms. The van der Waals surface area contributed by atoms with Crippen LogP contribution in [0.2, 0.25) is 0 Å². The van der Waals surface area contributed by atoms with Gasteiger partial charge in [0.05, 0.1) is 13.2 Å². The summed E-state index contributed by atoms with van der Waals surface area (Å²) in [6.45, 7) is 6.56. The van der Waals surface area contributed by atoms with Crippen molar-refractivity contribution < 1.29 is 9.53 Å². The first-order chi connectivity index (χ1) is 9.72. The van der Waals surface area contributed by atoms with Gasteiger partial charge in [0.25, 0.3) is 5.91 Å². The number of carbonyl (C=O) groups is 1. The van der Waals surface area contributed by atoms with Gasteiger partial charge in [-0.05, 0) is 26.0 Å². The number of nitrogens with two attached hydrogens (primary N) is 1. The van der Waals surface area contributed by atoms with E-state index in [4.69, 9.17) is 10.5 Å². The van der Waals surface area contributed by atoms with Gasteiger partial charge in [-0.2, -0.15) is 0 Å². The number of hydrogen-bond acceptors (Lipinski definition) is 4. The zero-order chi connectivity index (χ0) is 14.8. The second-order valence-corrected chi connectivity index (χ2v) is 4.02. The molecule has 1 rings (SSSR count). The normalized spacial score (nSPS) is 9.75. The number of rotatable bonds is 6. The molecule has 0 bridgehead atoms. The van der Waals surface area contributed by atoms with Gasteiger partial charge in [-0.3, -0.25) is 4.79 Å². The maximum Gasteiger partial charge on any atom is 0.272 e. The van der Waals surface area contributed by atoms with Gasteiger partial charge in [0.15, 0.2) is 0 Å². The third-order valence-corrected chi connectivity index (χ3v) is 2.70. The van der Waals surface area contributed by atoms with Crippen LogP contribution in [0.3, 0.4) is 0 Å². The molecule has 20 heavy (non-hydrogen) atoms. The molecule has 0 radical (unpaired) electrons. The van der Waals surface area contributed by atoms with Crippen molar-refractivity contribution in [3.63, 3.8) is 0 Å². The highest BCUT2D eigenvalue weighted by molar-refractivity contribution is 5.92. The van der Waals surface area contributed by atoms with Crippen LogP contribution < -0.4 is 5.73 Å². The molecule has 5 nitrogen and oxygen atoms in total. The Kier molecular flexibility index (Phi) is 7.33. The Hall–Kier alpha value is -1.90. The first kappa shape index (κ1) is 16.2. The SMILES string of the molecule is CCOCCN(CC)C(=O)c1ccc(C#CCN)cn1.